The van der Waals surface area contributed by atoms with Crippen molar-refractivity contribution in [3.05, 3.63) is 62.7 Å². The van der Waals surface area contributed by atoms with Gasteiger partial charge in [-0.1, -0.05) is 12.1 Å². The molecule has 0 saturated heterocycles. The summed E-state index contributed by atoms with van der Waals surface area (Å²) >= 11 is 2.09. The maximum Gasteiger partial charge on any atom is 0.335 e. The van der Waals surface area contributed by atoms with Gasteiger partial charge in [0.05, 0.1) is 20.8 Å². The van der Waals surface area contributed by atoms with E-state index in [9.17, 15) is 4.79 Å². The van der Waals surface area contributed by atoms with E-state index in [0.29, 0.717) is 11.3 Å². The number of benzene rings is 2. The average Bonchev–Trinajstić information content (AvgIpc) is 2.46. The zero-order valence-electron chi connectivity index (χ0n) is 10.3. The van der Waals surface area contributed by atoms with Crippen molar-refractivity contribution in [2.45, 2.75) is 6.61 Å². The highest BCUT2D eigenvalue weighted by Crippen LogP contribution is 2.23. The van der Waals surface area contributed by atoms with Crippen LogP contribution in [0.25, 0.3) is 0 Å². The van der Waals surface area contributed by atoms with Crippen LogP contribution >= 0.6 is 22.6 Å². The number of carboxylic acids is 1. The van der Waals surface area contributed by atoms with Crippen LogP contribution in [-0.4, -0.2) is 11.1 Å². The third-order valence-electron chi connectivity index (χ3n) is 2.63. The average molecular weight is 379 g/mol. The summed E-state index contributed by atoms with van der Waals surface area (Å²) in [4.78, 5) is 10.9. The molecule has 5 heteroatoms. The first-order chi connectivity index (χ1) is 9.60. The van der Waals surface area contributed by atoms with Gasteiger partial charge < -0.3 is 9.84 Å². The summed E-state index contributed by atoms with van der Waals surface area (Å²) in [7, 11) is 0. The van der Waals surface area contributed by atoms with Gasteiger partial charge in [-0.15, -0.1) is 0 Å². The minimum Gasteiger partial charge on any atom is -0.488 e. The Labute approximate surface area is 129 Å². The van der Waals surface area contributed by atoms with Crippen LogP contribution in [0.15, 0.2) is 42.5 Å². The molecule has 0 unspecified atom stereocenters. The SMILES string of the molecule is N#Cc1cccc(COc2cc(C(=O)O)ccc2I)c1. The second-order valence-electron chi connectivity index (χ2n) is 4.05. The standard InChI is InChI=1S/C15H10INO3/c16-13-5-4-12(15(18)19)7-14(13)20-9-11-3-1-2-10(6-11)8-17/h1-7H,9H2,(H,18,19). The zero-order chi connectivity index (χ0) is 14.5. The second kappa shape index (κ2) is 6.39. The van der Waals surface area contributed by atoms with Gasteiger partial charge >= 0.3 is 5.97 Å². The molecule has 2 rings (SSSR count). The predicted octanol–water partition coefficient (Wildman–Crippen LogP) is 3.44. The number of carbonyl (C=O) groups is 1. The van der Waals surface area contributed by atoms with E-state index in [-0.39, 0.29) is 12.2 Å². The van der Waals surface area contributed by atoms with Gasteiger partial charge in [0.1, 0.15) is 12.4 Å². The van der Waals surface area contributed by atoms with Gasteiger partial charge in [0.2, 0.25) is 0 Å². The number of hydrogen-bond donors (Lipinski definition) is 1. The van der Waals surface area contributed by atoms with E-state index in [1.807, 2.05) is 6.07 Å². The van der Waals surface area contributed by atoms with Crippen LogP contribution in [0.5, 0.6) is 5.75 Å². The lowest BCUT2D eigenvalue weighted by molar-refractivity contribution is 0.0696. The third-order valence-corrected chi connectivity index (χ3v) is 3.52. The van der Waals surface area contributed by atoms with Crippen LogP contribution in [0.3, 0.4) is 0 Å². The summed E-state index contributed by atoms with van der Waals surface area (Å²) in [5.74, 6) is -0.467. The van der Waals surface area contributed by atoms with Crippen molar-refractivity contribution in [1.29, 1.82) is 5.26 Å². The van der Waals surface area contributed by atoms with Gasteiger partial charge in [0.25, 0.3) is 0 Å². The maximum absolute atomic E-state index is 10.9. The Morgan fingerprint density at radius 3 is 2.80 bits per heavy atom. The smallest absolute Gasteiger partial charge is 0.335 e. The second-order valence-corrected chi connectivity index (χ2v) is 5.21. The van der Waals surface area contributed by atoms with Crippen LogP contribution in [0.4, 0.5) is 0 Å². The lowest BCUT2D eigenvalue weighted by Gasteiger charge is -2.09. The molecule has 1 N–H and O–H groups in total. The Kier molecular flexibility index (Phi) is 4.58. The van der Waals surface area contributed by atoms with Crippen molar-refractivity contribution in [3.63, 3.8) is 0 Å². The fraction of sp³-hybridized carbons (Fsp3) is 0.0667. The van der Waals surface area contributed by atoms with Gasteiger partial charge in [-0.3, -0.25) is 0 Å². The Hall–Kier alpha value is -2.07. The third kappa shape index (κ3) is 3.48. The number of nitriles is 1. The Balaban J connectivity index is 2.16. The van der Waals surface area contributed by atoms with E-state index in [4.69, 9.17) is 15.1 Å². The normalized spacial score (nSPS) is 9.80. The molecule has 0 aliphatic carbocycles. The van der Waals surface area contributed by atoms with Crippen LogP contribution in [0.1, 0.15) is 21.5 Å². The number of carboxylic acid groups (broad SMARTS) is 1. The number of hydrogen-bond acceptors (Lipinski definition) is 3. The molecule has 4 nitrogen and oxygen atoms in total. The molecule has 0 fully saturated rings. The van der Waals surface area contributed by atoms with Crippen LogP contribution in [0.2, 0.25) is 0 Å². The van der Waals surface area contributed by atoms with Crippen molar-refractivity contribution in [1.82, 2.24) is 0 Å². The highest BCUT2D eigenvalue weighted by atomic mass is 127. The van der Waals surface area contributed by atoms with Crippen LogP contribution < -0.4 is 4.74 Å². The number of nitrogens with zero attached hydrogens (tertiary/aromatic N) is 1. The number of ether oxygens (including phenoxy) is 1. The first kappa shape index (κ1) is 14.3. The molecule has 0 bridgehead atoms. The largest absolute Gasteiger partial charge is 0.488 e. The molecule has 100 valence electrons. The summed E-state index contributed by atoms with van der Waals surface area (Å²) in [6.45, 7) is 0.286. The predicted molar refractivity (Wildman–Crippen MR) is 81.6 cm³/mol. The molecule has 0 aromatic heterocycles. The Morgan fingerprint density at radius 1 is 1.30 bits per heavy atom. The topological polar surface area (TPSA) is 70.3 Å². The minimum absolute atomic E-state index is 0.186. The van der Waals surface area contributed by atoms with Gasteiger partial charge in [-0.05, 0) is 58.5 Å². The van der Waals surface area contributed by atoms with Crippen molar-refractivity contribution in [3.8, 4) is 11.8 Å². The summed E-state index contributed by atoms with van der Waals surface area (Å²) in [5.41, 5.74) is 1.62. The summed E-state index contributed by atoms with van der Waals surface area (Å²) in [5, 5.41) is 17.8. The molecule has 0 atom stereocenters. The quantitative estimate of drug-likeness (QED) is 0.827. The van der Waals surface area contributed by atoms with Crippen molar-refractivity contribution >= 4 is 28.6 Å². The minimum atomic E-state index is -0.988. The summed E-state index contributed by atoms with van der Waals surface area (Å²) < 4.78 is 6.47. The van der Waals surface area contributed by atoms with E-state index < -0.39 is 5.97 Å². The molecule has 20 heavy (non-hydrogen) atoms. The fourth-order valence-corrected chi connectivity index (χ4v) is 2.13. The van der Waals surface area contributed by atoms with Crippen molar-refractivity contribution < 1.29 is 14.6 Å². The first-order valence-corrected chi connectivity index (χ1v) is 6.82. The molecular formula is C15H10INO3. The van der Waals surface area contributed by atoms with E-state index in [1.165, 1.54) is 12.1 Å². The Bertz CT molecular complexity index is 692. The van der Waals surface area contributed by atoms with Crippen molar-refractivity contribution in [2.24, 2.45) is 0 Å². The molecule has 0 saturated carbocycles. The maximum atomic E-state index is 10.9. The molecule has 0 radical (unpaired) electrons. The van der Waals surface area contributed by atoms with E-state index in [0.717, 1.165) is 9.13 Å². The van der Waals surface area contributed by atoms with Crippen molar-refractivity contribution in [2.75, 3.05) is 0 Å². The summed E-state index contributed by atoms with van der Waals surface area (Å²) in [6, 6.07) is 13.9. The molecule has 0 spiro atoms. The molecule has 2 aromatic carbocycles. The zero-order valence-corrected chi connectivity index (χ0v) is 12.5. The van der Waals surface area contributed by atoms with Crippen LogP contribution in [0, 0.1) is 14.9 Å². The highest BCUT2D eigenvalue weighted by molar-refractivity contribution is 14.1. The fourth-order valence-electron chi connectivity index (χ4n) is 1.64. The van der Waals surface area contributed by atoms with Crippen LogP contribution in [-0.2, 0) is 6.61 Å². The summed E-state index contributed by atoms with van der Waals surface area (Å²) in [6.07, 6.45) is 0. The highest BCUT2D eigenvalue weighted by Gasteiger charge is 2.08. The van der Waals surface area contributed by atoms with E-state index in [2.05, 4.69) is 28.7 Å². The van der Waals surface area contributed by atoms with Gasteiger partial charge in [0.15, 0.2) is 0 Å². The molecule has 0 heterocycles. The molecule has 0 amide bonds. The van der Waals surface area contributed by atoms with Gasteiger partial charge in [0, 0.05) is 0 Å². The lowest BCUT2D eigenvalue weighted by Crippen LogP contribution is -2.01. The Morgan fingerprint density at radius 2 is 2.10 bits per heavy atom. The molecule has 2 aromatic rings. The monoisotopic (exact) mass is 379 g/mol. The number of aromatic carboxylic acids is 1. The van der Waals surface area contributed by atoms with E-state index >= 15 is 0 Å². The first-order valence-electron chi connectivity index (χ1n) is 5.75. The molecule has 0 aliphatic rings. The van der Waals surface area contributed by atoms with E-state index in [1.54, 1.807) is 24.3 Å². The lowest BCUT2D eigenvalue weighted by atomic mass is 10.1. The molecular weight excluding hydrogens is 369 g/mol. The number of halogens is 1. The van der Waals surface area contributed by atoms with Gasteiger partial charge in [-0.2, -0.15) is 5.26 Å². The molecule has 0 aliphatic heterocycles. The number of rotatable bonds is 4. The van der Waals surface area contributed by atoms with Gasteiger partial charge in [-0.25, -0.2) is 4.79 Å².